The molecule has 26 heavy (non-hydrogen) atoms. The predicted octanol–water partition coefficient (Wildman–Crippen LogP) is 3.93. The maximum Gasteiger partial charge on any atom is 0.227 e. The fourth-order valence-electron chi connectivity index (χ4n) is 2.92. The highest BCUT2D eigenvalue weighted by Gasteiger charge is 2.22. The number of carbonyl (C=O) groups excluding carboxylic acids is 1. The van der Waals surface area contributed by atoms with Gasteiger partial charge in [-0.2, -0.15) is 11.8 Å². The Morgan fingerprint density at radius 1 is 1.38 bits per heavy atom. The van der Waals surface area contributed by atoms with E-state index in [0.29, 0.717) is 11.5 Å². The first kappa shape index (κ1) is 18.8. The Bertz CT molecular complexity index is 762. The molecule has 1 aromatic heterocycles. The lowest BCUT2D eigenvalue weighted by Gasteiger charge is -2.19. The number of nitrogens with zero attached hydrogens (tertiary/aromatic N) is 1. The average molecular weight is 390 g/mol. The van der Waals surface area contributed by atoms with Crippen LogP contribution in [-0.4, -0.2) is 29.9 Å². The molecule has 1 saturated heterocycles. The standard InChI is InChI=1S/C19H23N3O2S2/c1-14-12-15(6-7-17(14)22-9-2-5-18(22)23)21-19(25)20-8-11-26-13-16-4-3-10-24-16/h3-4,6-7,10,12H,2,5,8-9,11,13H2,1H3,(H2,20,21,25). The number of hydrogen-bond donors (Lipinski definition) is 2. The van der Waals surface area contributed by atoms with Gasteiger partial charge in [0.15, 0.2) is 5.11 Å². The zero-order chi connectivity index (χ0) is 18.4. The van der Waals surface area contributed by atoms with Gasteiger partial charge in [-0.25, -0.2) is 0 Å². The Labute approximate surface area is 163 Å². The lowest BCUT2D eigenvalue weighted by Crippen LogP contribution is -2.30. The van der Waals surface area contributed by atoms with E-state index in [4.69, 9.17) is 16.6 Å². The van der Waals surface area contributed by atoms with Gasteiger partial charge in [0.2, 0.25) is 5.91 Å². The Kier molecular flexibility index (Phi) is 6.57. The van der Waals surface area contributed by atoms with Gasteiger partial charge in [-0.3, -0.25) is 4.79 Å². The molecule has 0 spiro atoms. The number of benzene rings is 1. The van der Waals surface area contributed by atoms with Crippen LogP contribution in [0.5, 0.6) is 0 Å². The Morgan fingerprint density at radius 3 is 2.96 bits per heavy atom. The lowest BCUT2D eigenvalue weighted by atomic mass is 10.1. The molecule has 7 heteroatoms. The van der Waals surface area contributed by atoms with Crippen LogP contribution in [0.4, 0.5) is 11.4 Å². The number of carbonyl (C=O) groups is 1. The first-order chi connectivity index (χ1) is 12.6. The molecule has 1 aliphatic rings. The van der Waals surface area contributed by atoms with Gasteiger partial charge in [-0.1, -0.05) is 0 Å². The van der Waals surface area contributed by atoms with Gasteiger partial charge in [0.1, 0.15) is 5.76 Å². The van der Waals surface area contributed by atoms with Crippen molar-refractivity contribution >= 4 is 46.4 Å². The van der Waals surface area contributed by atoms with Crippen molar-refractivity contribution in [3.63, 3.8) is 0 Å². The molecule has 2 aromatic rings. The van der Waals surface area contributed by atoms with Crippen molar-refractivity contribution in [2.45, 2.75) is 25.5 Å². The van der Waals surface area contributed by atoms with Crippen LogP contribution in [0.25, 0.3) is 0 Å². The number of nitrogens with one attached hydrogen (secondary N) is 2. The van der Waals surface area contributed by atoms with Crippen LogP contribution in [-0.2, 0) is 10.5 Å². The molecule has 1 amide bonds. The molecule has 5 nitrogen and oxygen atoms in total. The van der Waals surface area contributed by atoms with Crippen molar-refractivity contribution in [1.29, 1.82) is 0 Å². The van der Waals surface area contributed by atoms with Crippen molar-refractivity contribution in [3.05, 3.63) is 47.9 Å². The summed E-state index contributed by atoms with van der Waals surface area (Å²) in [6, 6.07) is 9.87. The maximum atomic E-state index is 11.9. The summed E-state index contributed by atoms with van der Waals surface area (Å²) >= 11 is 7.15. The van der Waals surface area contributed by atoms with Gasteiger partial charge >= 0.3 is 0 Å². The molecule has 0 atom stereocenters. The molecule has 0 saturated carbocycles. The highest BCUT2D eigenvalue weighted by atomic mass is 32.2. The van der Waals surface area contributed by atoms with E-state index in [9.17, 15) is 4.79 Å². The monoisotopic (exact) mass is 389 g/mol. The van der Waals surface area contributed by atoms with Crippen molar-refractivity contribution in [3.8, 4) is 0 Å². The SMILES string of the molecule is Cc1cc(NC(=S)NCCSCc2ccco2)ccc1N1CCCC1=O. The molecule has 3 rings (SSSR count). The van der Waals surface area contributed by atoms with Crippen LogP contribution in [0.1, 0.15) is 24.2 Å². The zero-order valence-corrected chi connectivity index (χ0v) is 16.4. The summed E-state index contributed by atoms with van der Waals surface area (Å²) in [5, 5.41) is 7.02. The molecule has 0 radical (unpaired) electrons. The van der Waals surface area contributed by atoms with E-state index < -0.39 is 0 Å². The van der Waals surface area contributed by atoms with E-state index in [1.165, 1.54) is 0 Å². The molecule has 138 valence electrons. The van der Waals surface area contributed by atoms with Crippen molar-refractivity contribution in [2.24, 2.45) is 0 Å². The first-order valence-corrected chi connectivity index (χ1v) is 10.3. The molecular formula is C19H23N3O2S2. The van der Waals surface area contributed by atoms with E-state index in [1.54, 1.807) is 18.0 Å². The third kappa shape index (κ3) is 5.02. The number of anilines is 2. The second kappa shape index (κ2) is 9.09. The number of hydrogen-bond acceptors (Lipinski definition) is 4. The number of thioether (sulfide) groups is 1. The smallest absolute Gasteiger partial charge is 0.227 e. The summed E-state index contributed by atoms with van der Waals surface area (Å²) < 4.78 is 5.30. The van der Waals surface area contributed by atoms with Crippen LogP contribution < -0.4 is 15.5 Å². The summed E-state index contributed by atoms with van der Waals surface area (Å²) in [5.74, 6) is 3.00. The summed E-state index contributed by atoms with van der Waals surface area (Å²) in [6.07, 6.45) is 3.27. The first-order valence-electron chi connectivity index (χ1n) is 8.69. The topological polar surface area (TPSA) is 57.5 Å². The molecule has 1 aliphatic heterocycles. The quantitative estimate of drug-likeness (QED) is 0.553. The minimum absolute atomic E-state index is 0.207. The van der Waals surface area contributed by atoms with Gasteiger partial charge in [0, 0.05) is 36.6 Å². The largest absolute Gasteiger partial charge is 0.468 e. The molecule has 1 fully saturated rings. The van der Waals surface area contributed by atoms with E-state index >= 15 is 0 Å². The Morgan fingerprint density at radius 2 is 2.27 bits per heavy atom. The van der Waals surface area contributed by atoms with Gasteiger partial charge in [0.25, 0.3) is 0 Å². The second-order valence-corrected chi connectivity index (χ2v) is 7.68. The van der Waals surface area contributed by atoms with Crippen molar-refractivity contribution in [2.75, 3.05) is 29.1 Å². The fourth-order valence-corrected chi connectivity index (χ4v) is 3.89. The average Bonchev–Trinajstić information content (AvgIpc) is 3.27. The third-order valence-electron chi connectivity index (χ3n) is 4.18. The predicted molar refractivity (Wildman–Crippen MR) is 112 cm³/mol. The molecule has 0 bridgehead atoms. The number of furan rings is 1. The summed E-state index contributed by atoms with van der Waals surface area (Å²) in [6.45, 7) is 3.62. The fraction of sp³-hybridized carbons (Fsp3) is 0.368. The minimum atomic E-state index is 0.207. The van der Waals surface area contributed by atoms with E-state index in [2.05, 4.69) is 10.6 Å². The summed E-state index contributed by atoms with van der Waals surface area (Å²) in [4.78, 5) is 13.8. The van der Waals surface area contributed by atoms with E-state index in [-0.39, 0.29) is 5.91 Å². The van der Waals surface area contributed by atoms with Crippen molar-refractivity contribution in [1.82, 2.24) is 5.32 Å². The Hall–Kier alpha value is -1.99. The highest BCUT2D eigenvalue weighted by molar-refractivity contribution is 7.98. The van der Waals surface area contributed by atoms with Gasteiger partial charge in [-0.05, 0) is 61.5 Å². The third-order valence-corrected chi connectivity index (χ3v) is 5.40. The van der Waals surface area contributed by atoms with Gasteiger partial charge in [0.05, 0.1) is 12.0 Å². The Balaban J connectivity index is 1.42. The molecule has 2 heterocycles. The maximum absolute atomic E-state index is 11.9. The number of thiocarbonyl (C=S) groups is 1. The summed E-state index contributed by atoms with van der Waals surface area (Å²) in [5.41, 5.74) is 2.99. The number of rotatable bonds is 7. The molecule has 1 aromatic carbocycles. The lowest BCUT2D eigenvalue weighted by molar-refractivity contribution is -0.117. The molecule has 0 aliphatic carbocycles. The van der Waals surface area contributed by atoms with E-state index in [1.807, 2.05) is 42.2 Å². The normalized spacial score (nSPS) is 13.9. The minimum Gasteiger partial charge on any atom is -0.468 e. The second-order valence-electron chi connectivity index (χ2n) is 6.16. The van der Waals surface area contributed by atoms with Gasteiger partial charge < -0.3 is 20.0 Å². The van der Waals surface area contributed by atoms with Crippen molar-refractivity contribution < 1.29 is 9.21 Å². The number of amides is 1. The van der Waals surface area contributed by atoms with Gasteiger partial charge in [-0.15, -0.1) is 0 Å². The summed E-state index contributed by atoms with van der Waals surface area (Å²) in [7, 11) is 0. The van der Waals surface area contributed by atoms with Crippen LogP contribution in [0, 0.1) is 6.92 Å². The van der Waals surface area contributed by atoms with Crippen LogP contribution in [0.3, 0.4) is 0 Å². The molecule has 0 unspecified atom stereocenters. The van der Waals surface area contributed by atoms with E-state index in [0.717, 1.165) is 53.7 Å². The molecular weight excluding hydrogens is 366 g/mol. The van der Waals surface area contributed by atoms with Crippen LogP contribution in [0.2, 0.25) is 0 Å². The highest BCUT2D eigenvalue weighted by Crippen LogP contribution is 2.27. The molecule has 2 N–H and O–H groups in total. The van der Waals surface area contributed by atoms with Crippen LogP contribution in [0.15, 0.2) is 41.0 Å². The number of aryl methyl sites for hydroxylation is 1. The zero-order valence-electron chi connectivity index (χ0n) is 14.8. The van der Waals surface area contributed by atoms with Crippen LogP contribution >= 0.6 is 24.0 Å².